The van der Waals surface area contributed by atoms with Gasteiger partial charge in [-0.3, -0.25) is 0 Å². The highest BCUT2D eigenvalue weighted by Crippen LogP contribution is 2.27. The van der Waals surface area contributed by atoms with E-state index in [9.17, 15) is 5.11 Å². The van der Waals surface area contributed by atoms with Crippen LogP contribution >= 0.6 is 0 Å². The van der Waals surface area contributed by atoms with Gasteiger partial charge in [0.1, 0.15) is 0 Å². The largest absolute Gasteiger partial charge is 0.394 e. The van der Waals surface area contributed by atoms with Gasteiger partial charge >= 0.3 is 0 Å². The van der Waals surface area contributed by atoms with Crippen LogP contribution in [0.25, 0.3) is 0 Å². The molecule has 0 atom stereocenters. The van der Waals surface area contributed by atoms with Crippen LogP contribution in [0.1, 0.15) is 57.8 Å². The number of hydrogen-bond acceptors (Lipinski definition) is 2. The van der Waals surface area contributed by atoms with E-state index in [-0.39, 0.29) is 5.54 Å². The van der Waals surface area contributed by atoms with E-state index < -0.39 is 0 Å². The van der Waals surface area contributed by atoms with E-state index in [2.05, 4.69) is 11.9 Å². The van der Waals surface area contributed by atoms with Crippen LogP contribution < -0.4 is 5.32 Å². The molecule has 2 heteroatoms. The summed E-state index contributed by atoms with van der Waals surface area (Å²) in [5.41, 5.74) is 0.0523. The van der Waals surface area contributed by atoms with Crippen molar-refractivity contribution in [2.75, 3.05) is 13.2 Å². The van der Waals surface area contributed by atoms with E-state index >= 15 is 0 Å². The van der Waals surface area contributed by atoms with Gasteiger partial charge in [0, 0.05) is 5.54 Å². The maximum atomic E-state index is 9.51. The molecule has 94 valence electrons. The molecule has 1 aliphatic rings. The van der Waals surface area contributed by atoms with Crippen molar-refractivity contribution in [3.8, 4) is 0 Å². The molecule has 0 aromatic carbocycles. The summed E-state index contributed by atoms with van der Waals surface area (Å²) in [6.07, 6.45) is 13.0. The fraction of sp³-hybridized carbons (Fsp3) is 0.857. The molecule has 2 nitrogen and oxygen atoms in total. The molecule has 1 rings (SSSR count). The molecule has 1 aliphatic carbocycles. The second-order valence-corrected chi connectivity index (χ2v) is 5.06. The Kier molecular flexibility index (Phi) is 6.74. The minimum absolute atomic E-state index is 0.0523. The van der Waals surface area contributed by atoms with Gasteiger partial charge in [-0.1, -0.05) is 31.8 Å². The SMILES string of the molecule is C=CCCCCCNC1(CO)CCCCC1. The van der Waals surface area contributed by atoms with Crippen LogP contribution in [0.2, 0.25) is 0 Å². The Morgan fingerprint density at radius 3 is 2.50 bits per heavy atom. The number of aliphatic hydroxyl groups is 1. The van der Waals surface area contributed by atoms with Gasteiger partial charge in [-0.15, -0.1) is 6.58 Å². The summed E-state index contributed by atoms with van der Waals surface area (Å²) < 4.78 is 0. The fourth-order valence-electron chi connectivity index (χ4n) is 2.56. The second-order valence-electron chi connectivity index (χ2n) is 5.06. The van der Waals surface area contributed by atoms with Crippen molar-refractivity contribution in [2.24, 2.45) is 0 Å². The summed E-state index contributed by atoms with van der Waals surface area (Å²) in [5, 5.41) is 13.1. The molecule has 0 spiro atoms. The molecule has 1 fully saturated rings. The second kappa shape index (κ2) is 7.86. The van der Waals surface area contributed by atoms with Crippen molar-refractivity contribution >= 4 is 0 Å². The molecule has 2 N–H and O–H groups in total. The molecule has 0 heterocycles. The molecule has 0 saturated heterocycles. The number of unbranched alkanes of at least 4 members (excludes halogenated alkanes) is 3. The van der Waals surface area contributed by atoms with E-state index in [4.69, 9.17) is 0 Å². The Labute approximate surface area is 100 Å². The molecule has 0 aromatic rings. The zero-order valence-corrected chi connectivity index (χ0v) is 10.5. The minimum atomic E-state index is 0.0523. The predicted octanol–water partition coefficient (Wildman–Crippen LogP) is 3.02. The van der Waals surface area contributed by atoms with Crippen LogP contribution in [-0.4, -0.2) is 23.8 Å². The van der Waals surface area contributed by atoms with Crippen LogP contribution in [0, 0.1) is 0 Å². The van der Waals surface area contributed by atoms with Crippen LogP contribution in [0.5, 0.6) is 0 Å². The van der Waals surface area contributed by atoms with Crippen molar-refractivity contribution in [1.82, 2.24) is 5.32 Å². The summed E-state index contributed by atoms with van der Waals surface area (Å²) in [6.45, 7) is 5.09. The van der Waals surface area contributed by atoms with Crippen molar-refractivity contribution in [2.45, 2.75) is 63.3 Å². The smallest absolute Gasteiger partial charge is 0.0613 e. The number of rotatable bonds is 8. The van der Waals surface area contributed by atoms with Crippen LogP contribution in [0.3, 0.4) is 0 Å². The van der Waals surface area contributed by atoms with Gasteiger partial charge in [-0.25, -0.2) is 0 Å². The lowest BCUT2D eigenvalue weighted by molar-refractivity contribution is 0.121. The summed E-state index contributed by atoms with van der Waals surface area (Å²) in [6, 6.07) is 0. The third-order valence-electron chi connectivity index (χ3n) is 3.70. The molecule has 0 aliphatic heterocycles. The van der Waals surface area contributed by atoms with Crippen LogP contribution in [0.15, 0.2) is 12.7 Å². The van der Waals surface area contributed by atoms with Gasteiger partial charge in [-0.2, -0.15) is 0 Å². The topological polar surface area (TPSA) is 32.3 Å². The van der Waals surface area contributed by atoms with Gasteiger partial charge < -0.3 is 10.4 Å². The summed E-state index contributed by atoms with van der Waals surface area (Å²) in [4.78, 5) is 0. The zero-order valence-electron chi connectivity index (χ0n) is 10.5. The highest BCUT2D eigenvalue weighted by Gasteiger charge is 2.30. The zero-order chi connectivity index (χ0) is 11.7. The Morgan fingerprint density at radius 1 is 1.12 bits per heavy atom. The monoisotopic (exact) mass is 225 g/mol. The third kappa shape index (κ3) is 4.67. The highest BCUT2D eigenvalue weighted by atomic mass is 16.3. The van der Waals surface area contributed by atoms with Gasteiger partial charge in [-0.05, 0) is 38.6 Å². The molecule has 0 unspecified atom stereocenters. The molecular weight excluding hydrogens is 198 g/mol. The molecule has 0 radical (unpaired) electrons. The van der Waals surface area contributed by atoms with E-state index in [1.807, 2.05) is 6.08 Å². The molecule has 1 saturated carbocycles. The average molecular weight is 225 g/mol. The van der Waals surface area contributed by atoms with Crippen LogP contribution in [-0.2, 0) is 0 Å². The number of allylic oxidation sites excluding steroid dienone is 1. The summed E-state index contributed by atoms with van der Waals surface area (Å²) in [7, 11) is 0. The Hall–Kier alpha value is -0.340. The van der Waals surface area contributed by atoms with Crippen molar-refractivity contribution in [3.05, 3.63) is 12.7 Å². The first kappa shape index (κ1) is 13.7. The normalized spacial score (nSPS) is 19.6. The third-order valence-corrected chi connectivity index (χ3v) is 3.70. The van der Waals surface area contributed by atoms with E-state index in [0.29, 0.717) is 6.61 Å². The van der Waals surface area contributed by atoms with Gasteiger partial charge in [0.2, 0.25) is 0 Å². The first-order valence-electron chi connectivity index (χ1n) is 6.80. The Bertz CT molecular complexity index is 185. The molecule has 0 aromatic heterocycles. The fourth-order valence-corrected chi connectivity index (χ4v) is 2.56. The Balaban J connectivity index is 2.11. The van der Waals surface area contributed by atoms with Crippen molar-refractivity contribution in [3.63, 3.8) is 0 Å². The lowest BCUT2D eigenvalue weighted by atomic mass is 9.82. The molecular formula is C14H27NO. The minimum Gasteiger partial charge on any atom is -0.394 e. The van der Waals surface area contributed by atoms with Gasteiger partial charge in [0.25, 0.3) is 0 Å². The quantitative estimate of drug-likeness (QED) is 0.491. The van der Waals surface area contributed by atoms with Gasteiger partial charge in [0.15, 0.2) is 0 Å². The molecule has 0 amide bonds. The first-order chi connectivity index (χ1) is 7.83. The summed E-state index contributed by atoms with van der Waals surface area (Å²) >= 11 is 0. The lowest BCUT2D eigenvalue weighted by Gasteiger charge is -2.36. The molecule has 16 heavy (non-hydrogen) atoms. The maximum absolute atomic E-state index is 9.51. The van der Waals surface area contributed by atoms with E-state index in [1.54, 1.807) is 0 Å². The number of aliphatic hydroxyl groups excluding tert-OH is 1. The first-order valence-corrected chi connectivity index (χ1v) is 6.80. The van der Waals surface area contributed by atoms with Crippen LogP contribution in [0.4, 0.5) is 0 Å². The van der Waals surface area contributed by atoms with Gasteiger partial charge in [0.05, 0.1) is 6.61 Å². The average Bonchev–Trinajstić information content (AvgIpc) is 2.35. The predicted molar refractivity (Wildman–Crippen MR) is 69.6 cm³/mol. The lowest BCUT2D eigenvalue weighted by Crippen LogP contribution is -2.50. The van der Waals surface area contributed by atoms with E-state index in [1.165, 1.54) is 38.5 Å². The number of hydrogen-bond donors (Lipinski definition) is 2. The number of nitrogens with one attached hydrogen (secondary N) is 1. The standard InChI is InChI=1S/C14H27NO/c1-2-3-4-5-9-12-15-14(13-16)10-7-6-8-11-14/h2,15-16H,1,3-13H2. The van der Waals surface area contributed by atoms with Crippen molar-refractivity contribution < 1.29 is 5.11 Å². The van der Waals surface area contributed by atoms with Crippen molar-refractivity contribution in [1.29, 1.82) is 0 Å². The van der Waals surface area contributed by atoms with E-state index in [0.717, 1.165) is 25.8 Å². The highest BCUT2D eigenvalue weighted by molar-refractivity contribution is 4.90. The maximum Gasteiger partial charge on any atom is 0.0613 e. The summed E-state index contributed by atoms with van der Waals surface area (Å²) in [5.74, 6) is 0. The molecule has 0 bridgehead atoms. The Morgan fingerprint density at radius 2 is 1.88 bits per heavy atom.